The summed E-state index contributed by atoms with van der Waals surface area (Å²) >= 11 is 0. The second-order valence-corrected chi connectivity index (χ2v) is 7.28. The van der Waals surface area contributed by atoms with Crippen molar-refractivity contribution in [3.63, 3.8) is 0 Å². The summed E-state index contributed by atoms with van der Waals surface area (Å²) in [4.78, 5) is 25.0. The van der Waals surface area contributed by atoms with Gasteiger partial charge in [-0.1, -0.05) is 56.0 Å². The first-order valence-electron chi connectivity index (χ1n) is 9.69. The molecule has 0 bridgehead atoms. The molecule has 0 saturated heterocycles. The summed E-state index contributed by atoms with van der Waals surface area (Å²) in [5.74, 6) is -0.487. The first kappa shape index (κ1) is 17.6. The Bertz CT molecular complexity index is 980. The van der Waals surface area contributed by atoms with E-state index in [4.69, 9.17) is 4.42 Å². The Kier molecular flexibility index (Phi) is 5.10. The molecule has 0 spiro atoms. The zero-order valence-electron chi connectivity index (χ0n) is 15.3. The van der Waals surface area contributed by atoms with Crippen LogP contribution in [0, 0.1) is 0 Å². The zero-order chi connectivity index (χ0) is 18.6. The highest BCUT2D eigenvalue weighted by atomic mass is 16.4. The predicted octanol–water partition coefficient (Wildman–Crippen LogP) is 4.10. The minimum Gasteiger partial charge on any atom is -0.408 e. The van der Waals surface area contributed by atoms with Crippen molar-refractivity contribution in [1.82, 2.24) is 9.88 Å². The van der Waals surface area contributed by atoms with Crippen LogP contribution >= 0.6 is 0 Å². The van der Waals surface area contributed by atoms with Crippen LogP contribution in [0.3, 0.4) is 0 Å². The van der Waals surface area contributed by atoms with Crippen LogP contribution in [-0.4, -0.2) is 16.5 Å². The summed E-state index contributed by atoms with van der Waals surface area (Å²) in [6, 6.07) is 15.2. The van der Waals surface area contributed by atoms with Crippen LogP contribution in [0.2, 0.25) is 0 Å². The Hall–Kier alpha value is -2.82. The second kappa shape index (κ2) is 7.82. The van der Waals surface area contributed by atoms with E-state index in [0.29, 0.717) is 23.2 Å². The number of aromatic nitrogens is 1. The summed E-state index contributed by atoms with van der Waals surface area (Å²) in [7, 11) is 0. The van der Waals surface area contributed by atoms with Gasteiger partial charge < -0.3 is 9.73 Å². The SMILES string of the molecule is O=C(NC1CCCCCC1)c1ccc2oc(=O)n(Cc3ccccc3)c2c1. The molecule has 1 aliphatic carbocycles. The number of oxazole rings is 1. The number of nitrogens with one attached hydrogen (secondary N) is 1. The van der Waals surface area contributed by atoms with Crippen LogP contribution in [-0.2, 0) is 6.54 Å². The number of nitrogens with zero attached hydrogens (tertiary/aromatic N) is 1. The molecule has 2 aromatic carbocycles. The molecule has 0 atom stereocenters. The van der Waals surface area contributed by atoms with E-state index in [2.05, 4.69) is 5.32 Å². The highest BCUT2D eigenvalue weighted by Gasteiger charge is 2.17. The molecule has 4 rings (SSSR count). The normalized spacial score (nSPS) is 15.6. The quantitative estimate of drug-likeness (QED) is 0.709. The zero-order valence-corrected chi connectivity index (χ0v) is 15.3. The van der Waals surface area contributed by atoms with Crippen molar-refractivity contribution < 1.29 is 9.21 Å². The molecule has 0 radical (unpaired) electrons. The van der Waals surface area contributed by atoms with Crippen molar-refractivity contribution in [2.45, 2.75) is 51.1 Å². The van der Waals surface area contributed by atoms with Crippen LogP contribution in [0.1, 0.15) is 54.4 Å². The van der Waals surface area contributed by atoms with Gasteiger partial charge in [0.1, 0.15) is 0 Å². The summed E-state index contributed by atoms with van der Waals surface area (Å²) < 4.78 is 6.92. The van der Waals surface area contributed by atoms with Gasteiger partial charge in [0.25, 0.3) is 5.91 Å². The highest BCUT2D eigenvalue weighted by Crippen LogP contribution is 2.19. The number of carbonyl (C=O) groups is 1. The average molecular weight is 364 g/mol. The van der Waals surface area contributed by atoms with Crippen molar-refractivity contribution in [3.05, 3.63) is 70.2 Å². The number of fused-ring (bicyclic) bond motifs is 1. The number of benzene rings is 2. The fraction of sp³-hybridized carbons (Fsp3) is 0.364. The molecule has 5 heteroatoms. The molecule has 0 aliphatic heterocycles. The summed E-state index contributed by atoms with van der Waals surface area (Å²) in [6.45, 7) is 0.417. The van der Waals surface area contributed by atoms with Gasteiger partial charge in [0.15, 0.2) is 5.58 Å². The molecule has 1 heterocycles. The third-order valence-electron chi connectivity index (χ3n) is 5.30. The summed E-state index contributed by atoms with van der Waals surface area (Å²) in [5, 5.41) is 3.16. The van der Waals surface area contributed by atoms with Gasteiger partial charge in [0, 0.05) is 11.6 Å². The Labute approximate surface area is 158 Å². The van der Waals surface area contributed by atoms with Gasteiger partial charge >= 0.3 is 5.76 Å². The Morgan fingerprint density at radius 2 is 1.78 bits per heavy atom. The Balaban J connectivity index is 1.60. The van der Waals surface area contributed by atoms with Gasteiger partial charge in [0.05, 0.1) is 12.1 Å². The molecule has 1 fully saturated rings. The van der Waals surface area contributed by atoms with Crippen molar-refractivity contribution in [2.75, 3.05) is 0 Å². The van der Waals surface area contributed by atoms with Gasteiger partial charge in [-0.2, -0.15) is 0 Å². The van der Waals surface area contributed by atoms with Crippen molar-refractivity contribution >= 4 is 17.0 Å². The molecule has 1 N–H and O–H groups in total. The molecule has 3 aromatic rings. The van der Waals surface area contributed by atoms with Gasteiger partial charge in [-0.05, 0) is 36.6 Å². The van der Waals surface area contributed by atoms with E-state index < -0.39 is 5.76 Å². The lowest BCUT2D eigenvalue weighted by atomic mass is 10.1. The van der Waals surface area contributed by atoms with Crippen molar-refractivity contribution in [2.24, 2.45) is 0 Å². The third kappa shape index (κ3) is 3.97. The monoisotopic (exact) mass is 364 g/mol. The lowest BCUT2D eigenvalue weighted by molar-refractivity contribution is 0.0933. The topological polar surface area (TPSA) is 64.2 Å². The molecule has 5 nitrogen and oxygen atoms in total. The Morgan fingerprint density at radius 3 is 2.52 bits per heavy atom. The van der Waals surface area contributed by atoms with Crippen LogP contribution in [0.25, 0.3) is 11.1 Å². The number of rotatable bonds is 4. The van der Waals surface area contributed by atoms with Crippen LogP contribution in [0.15, 0.2) is 57.7 Å². The summed E-state index contributed by atoms with van der Waals surface area (Å²) in [5.41, 5.74) is 2.73. The molecule has 0 unspecified atom stereocenters. The second-order valence-electron chi connectivity index (χ2n) is 7.28. The molecular formula is C22H24N2O3. The predicted molar refractivity (Wildman–Crippen MR) is 105 cm³/mol. The van der Waals surface area contributed by atoms with Gasteiger partial charge in [-0.3, -0.25) is 9.36 Å². The first-order chi connectivity index (χ1) is 13.2. The van der Waals surface area contributed by atoms with E-state index in [1.54, 1.807) is 22.8 Å². The van der Waals surface area contributed by atoms with Gasteiger partial charge in [-0.15, -0.1) is 0 Å². The van der Waals surface area contributed by atoms with Gasteiger partial charge in [-0.25, -0.2) is 4.79 Å². The van der Waals surface area contributed by atoms with E-state index in [-0.39, 0.29) is 11.9 Å². The smallest absolute Gasteiger partial charge is 0.408 e. The number of carbonyl (C=O) groups excluding carboxylic acids is 1. The number of hydrogen-bond donors (Lipinski definition) is 1. The average Bonchev–Trinajstić information content (AvgIpc) is 2.85. The Morgan fingerprint density at radius 1 is 1.04 bits per heavy atom. The molecule has 1 aliphatic rings. The standard InChI is InChI=1S/C22H24N2O3/c25-21(23-18-10-6-1-2-7-11-18)17-12-13-20-19(14-17)24(22(26)27-20)15-16-8-4-3-5-9-16/h3-5,8-9,12-14,18H,1-2,6-7,10-11,15H2,(H,23,25). The molecule has 1 saturated carbocycles. The lowest BCUT2D eigenvalue weighted by Crippen LogP contribution is -2.34. The third-order valence-corrected chi connectivity index (χ3v) is 5.30. The molecule has 27 heavy (non-hydrogen) atoms. The van der Waals surface area contributed by atoms with E-state index in [1.165, 1.54) is 25.7 Å². The molecule has 1 aromatic heterocycles. The molecule has 140 valence electrons. The fourth-order valence-electron chi connectivity index (χ4n) is 3.81. The fourth-order valence-corrected chi connectivity index (χ4v) is 3.81. The maximum atomic E-state index is 12.7. The van der Waals surface area contributed by atoms with E-state index in [9.17, 15) is 9.59 Å². The van der Waals surface area contributed by atoms with Crippen molar-refractivity contribution in [3.8, 4) is 0 Å². The molecule has 1 amide bonds. The van der Waals surface area contributed by atoms with Crippen LogP contribution < -0.4 is 11.1 Å². The number of amides is 1. The lowest BCUT2D eigenvalue weighted by Gasteiger charge is -2.16. The largest absolute Gasteiger partial charge is 0.420 e. The maximum Gasteiger partial charge on any atom is 0.420 e. The minimum absolute atomic E-state index is 0.0799. The minimum atomic E-state index is -0.407. The highest BCUT2D eigenvalue weighted by molar-refractivity contribution is 5.97. The molecular weight excluding hydrogens is 340 g/mol. The van der Waals surface area contributed by atoms with E-state index >= 15 is 0 Å². The van der Waals surface area contributed by atoms with Crippen molar-refractivity contribution in [1.29, 1.82) is 0 Å². The van der Waals surface area contributed by atoms with E-state index in [0.717, 1.165) is 18.4 Å². The first-order valence-corrected chi connectivity index (χ1v) is 9.69. The van der Waals surface area contributed by atoms with Gasteiger partial charge in [0.2, 0.25) is 0 Å². The number of hydrogen-bond acceptors (Lipinski definition) is 3. The maximum absolute atomic E-state index is 12.7. The van der Waals surface area contributed by atoms with E-state index in [1.807, 2.05) is 30.3 Å². The van der Waals surface area contributed by atoms with Crippen LogP contribution in [0.4, 0.5) is 0 Å². The summed E-state index contributed by atoms with van der Waals surface area (Å²) in [6.07, 6.45) is 6.92. The van der Waals surface area contributed by atoms with Crippen LogP contribution in [0.5, 0.6) is 0 Å².